The molecule has 0 aliphatic heterocycles. The Hall–Kier alpha value is -2.71. The maximum atomic E-state index is 12.4. The third kappa shape index (κ3) is 4.39. The molecule has 0 atom stereocenters. The van der Waals surface area contributed by atoms with Crippen LogP contribution in [-0.2, 0) is 11.3 Å². The number of hydrogen-bond donors (Lipinski definition) is 1. The number of hydrogen-bond acceptors (Lipinski definition) is 6. The van der Waals surface area contributed by atoms with Gasteiger partial charge in [-0.25, -0.2) is 4.98 Å². The molecule has 6 nitrogen and oxygen atoms in total. The summed E-state index contributed by atoms with van der Waals surface area (Å²) in [6.45, 7) is 7.14. The minimum atomic E-state index is -0.104. The first-order chi connectivity index (χ1) is 14.5. The number of nitrogens with one attached hydrogen (secondary N) is 1. The Balaban J connectivity index is 1.43. The molecule has 0 fully saturated rings. The molecule has 30 heavy (non-hydrogen) atoms. The van der Waals surface area contributed by atoms with Crippen molar-refractivity contribution >= 4 is 44.4 Å². The molecule has 4 aromatic rings. The summed E-state index contributed by atoms with van der Waals surface area (Å²) in [5.74, 6) is 1.46. The molecule has 0 bridgehead atoms. The molecule has 0 saturated heterocycles. The predicted octanol–water partition coefficient (Wildman–Crippen LogP) is 5.43. The smallest absolute Gasteiger partial charge is 0.236 e. The van der Waals surface area contributed by atoms with Crippen LogP contribution < -0.4 is 5.32 Å². The van der Waals surface area contributed by atoms with Gasteiger partial charge in [-0.3, -0.25) is 4.79 Å². The molecule has 8 heteroatoms. The first kappa shape index (κ1) is 20.6. The van der Waals surface area contributed by atoms with Crippen LogP contribution in [0.15, 0.2) is 53.7 Å². The van der Waals surface area contributed by atoms with Crippen molar-refractivity contribution in [2.24, 2.45) is 0 Å². The van der Waals surface area contributed by atoms with Crippen molar-refractivity contribution < 1.29 is 4.79 Å². The molecule has 2 aromatic carbocycles. The van der Waals surface area contributed by atoms with E-state index in [-0.39, 0.29) is 11.7 Å². The molecule has 0 unspecified atom stereocenters. The van der Waals surface area contributed by atoms with Crippen LogP contribution in [0.5, 0.6) is 0 Å². The van der Waals surface area contributed by atoms with Crippen molar-refractivity contribution in [3.8, 4) is 11.4 Å². The number of amides is 1. The van der Waals surface area contributed by atoms with Crippen LogP contribution in [0, 0.1) is 0 Å². The number of rotatable bonds is 7. The summed E-state index contributed by atoms with van der Waals surface area (Å²) >= 11 is 2.86. The third-order valence-corrected chi connectivity index (χ3v) is 6.66. The highest BCUT2D eigenvalue weighted by Crippen LogP contribution is 2.27. The Morgan fingerprint density at radius 3 is 2.60 bits per heavy atom. The summed E-state index contributed by atoms with van der Waals surface area (Å²) in [5.41, 5.74) is 3.21. The Morgan fingerprint density at radius 2 is 1.90 bits per heavy atom. The number of para-hydroxylation sites is 1. The molecule has 1 N–H and O–H groups in total. The van der Waals surface area contributed by atoms with Crippen LogP contribution in [0.4, 0.5) is 5.13 Å². The van der Waals surface area contributed by atoms with Gasteiger partial charge in [0.05, 0.1) is 16.0 Å². The minimum absolute atomic E-state index is 0.104. The summed E-state index contributed by atoms with van der Waals surface area (Å²) in [4.78, 5) is 16.9. The van der Waals surface area contributed by atoms with E-state index in [4.69, 9.17) is 0 Å². The lowest BCUT2D eigenvalue weighted by Crippen LogP contribution is -2.14. The van der Waals surface area contributed by atoms with Gasteiger partial charge in [0.2, 0.25) is 5.91 Å². The van der Waals surface area contributed by atoms with Crippen molar-refractivity contribution in [1.29, 1.82) is 0 Å². The van der Waals surface area contributed by atoms with Gasteiger partial charge in [0, 0.05) is 12.1 Å². The molecule has 154 valence electrons. The molecular formula is C22H23N5OS2. The number of benzene rings is 2. The summed E-state index contributed by atoms with van der Waals surface area (Å²) in [5, 5.41) is 12.9. The van der Waals surface area contributed by atoms with Gasteiger partial charge in [0.1, 0.15) is 0 Å². The van der Waals surface area contributed by atoms with Crippen LogP contribution in [0.3, 0.4) is 0 Å². The molecule has 4 rings (SSSR count). The zero-order valence-electron chi connectivity index (χ0n) is 17.1. The number of anilines is 1. The Kier molecular flexibility index (Phi) is 6.15. The van der Waals surface area contributed by atoms with Crippen molar-refractivity contribution in [2.45, 2.75) is 38.4 Å². The maximum Gasteiger partial charge on any atom is 0.236 e. The van der Waals surface area contributed by atoms with Crippen molar-refractivity contribution in [1.82, 2.24) is 19.7 Å². The number of fused-ring (bicyclic) bond motifs is 1. The van der Waals surface area contributed by atoms with Gasteiger partial charge in [-0.15, -0.1) is 10.2 Å². The lowest BCUT2D eigenvalue weighted by molar-refractivity contribution is -0.113. The van der Waals surface area contributed by atoms with Crippen molar-refractivity contribution in [2.75, 3.05) is 11.1 Å². The summed E-state index contributed by atoms with van der Waals surface area (Å²) in [6, 6.07) is 16.3. The second kappa shape index (κ2) is 8.97. The lowest BCUT2D eigenvalue weighted by atomic mass is 10.0. The molecular weight excluding hydrogens is 414 g/mol. The zero-order chi connectivity index (χ0) is 21.1. The number of thioether (sulfide) groups is 1. The van der Waals surface area contributed by atoms with Gasteiger partial charge in [0.25, 0.3) is 0 Å². The summed E-state index contributed by atoms with van der Waals surface area (Å²) in [6.07, 6.45) is 0. The van der Waals surface area contributed by atoms with E-state index in [0.29, 0.717) is 11.0 Å². The van der Waals surface area contributed by atoms with E-state index >= 15 is 0 Å². The van der Waals surface area contributed by atoms with Gasteiger partial charge < -0.3 is 9.88 Å². The maximum absolute atomic E-state index is 12.4. The van der Waals surface area contributed by atoms with Gasteiger partial charge in [-0.1, -0.05) is 73.3 Å². The fraction of sp³-hybridized carbons (Fsp3) is 0.273. The highest BCUT2D eigenvalue weighted by Gasteiger charge is 2.15. The van der Waals surface area contributed by atoms with Gasteiger partial charge >= 0.3 is 0 Å². The predicted molar refractivity (Wildman–Crippen MR) is 124 cm³/mol. The Morgan fingerprint density at radius 1 is 1.13 bits per heavy atom. The second-order valence-electron chi connectivity index (χ2n) is 7.15. The number of aromatic nitrogens is 4. The molecule has 0 aliphatic carbocycles. The molecule has 0 aliphatic rings. The second-order valence-corrected chi connectivity index (χ2v) is 9.12. The number of nitrogens with zero attached hydrogens (tertiary/aromatic N) is 4. The first-order valence-electron chi connectivity index (χ1n) is 9.87. The first-order valence-corrected chi connectivity index (χ1v) is 11.7. The van der Waals surface area contributed by atoms with E-state index in [2.05, 4.69) is 65.5 Å². The normalized spacial score (nSPS) is 11.3. The van der Waals surface area contributed by atoms with E-state index in [0.717, 1.165) is 33.3 Å². The van der Waals surface area contributed by atoms with Gasteiger partial charge in [-0.05, 0) is 30.5 Å². The average Bonchev–Trinajstić information content (AvgIpc) is 3.35. The highest BCUT2D eigenvalue weighted by molar-refractivity contribution is 7.99. The minimum Gasteiger partial charge on any atom is -0.302 e. The van der Waals surface area contributed by atoms with Gasteiger partial charge in [-0.2, -0.15) is 0 Å². The van der Waals surface area contributed by atoms with E-state index in [1.54, 1.807) is 0 Å². The van der Waals surface area contributed by atoms with Crippen LogP contribution in [0.2, 0.25) is 0 Å². The largest absolute Gasteiger partial charge is 0.302 e. The molecule has 0 spiro atoms. The zero-order valence-corrected chi connectivity index (χ0v) is 18.8. The van der Waals surface area contributed by atoms with Crippen LogP contribution in [0.1, 0.15) is 32.3 Å². The molecule has 0 saturated carbocycles. The van der Waals surface area contributed by atoms with Gasteiger partial charge in [0.15, 0.2) is 16.1 Å². The van der Waals surface area contributed by atoms with E-state index in [9.17, 15) is 4.79 Å². The monoisotopic (exact) mass is 437 g/mol. The fourth-order valence-corrected chi connectivity index (χ4v) is 4.81. The Bertz CT molecular complexity index is 1130. The van der Waals surface area contributed by atoms with Crippen LogP contribution in [-0.4, -0.2) is 31.4 Å². The SMILES string of the molecule is CCn1c(SCC(=O)Nc2nc3ccccc3s2)nnc1-c1ccc(C(C)C)cc1. The average molecular weight is 438 g/mol. The molecule has 1 amide bonds. The topological polar surface area (TPSA) is 72.7 Å². The summed E-state index contributed by atoms with van der Waals surface area (Å²) < 4.78 is 3.10. The summed E-state index contributed by atoms with van der Waals surface area (Å²) in [7, 11) is 0. The Labute approximate surface area is 183 Å². The lowest BCUT2D eigenvalue weighted by Gasteiger charge is -2.09. The quantitative estimate of drug-likeness (QED) is 0.390. The number of carbonyl (C=O) groups excluding carboxylic acids is 1. The fourth-order valence-electron chi connectivity index (χ4n) is 3.12. The molecule has 2 heterocycles. The third-order valence-electron chi connectivity index (χ3n) is 4.74. The van der Waals surface area contributed by atoms with Crippen LogP contribution in [0.25, 0.3) is 21.6 Å². The van der Waals surface area contributed by atoms with Crippen molar-refractivity contribution in [3.63, 3.8) is 0 Å². The highest BCUT2D eigenvalue weighted by atomic mass is 32.2. The van der Waals surface area contributed by atoms with E-state index in [1.807, 2.05) is 28.8 Å². The number of carbonyl (C=O) groups is 1. The van der Waals surface area contributed by atoms with Crippen molar-refractivity contribution in [3.05, 3.63) is 54.1 Å². The van der Waals surface area contributed by atoms with E-state index in [1.165, 1.54) is 28.7 Å². The number of thiazole rings is 1. The standard InChI is InChI=1S/C22H23N5OS2/c1-4-27-20(16-11-9-15(10-12-16)14(2)3)25-26-22(27)29-13-19(28)24-21-23-17-7-5-6-8-18(17)30-21/h5-12,14H,4,13H2,1-3H3,(H,23,24,28). The molecule has 2 aromatic heterocycles. The molecule has 0 radical (unpaired) electrons. The van der Waals surface area contributed by atoms with E-state index < -0.39 is 0 Å². The van der Waals surface area contributed by atoms with Crippen LogP contribution >= 0.6 is 23.1 Å².